The van der Waals surface area contributed by atoms with Crippen molar-refractivity contribution >= 4 is 17.6 Å². The Morgan fingerprint density at radius 1 is 1.19 bits per heavy atom. The zero-order valence-electron chi connectivity index (χ0n) is 19.1. The largest absolute Gasteiger partial charge is 0.493 e. The van der Waals surface area contributed by atoms with Crippen molar-refractivity contribution in [3.63, 3.8) is 0 Å². The molecular formula is C25H29NO6. The van der Waals surface area contributed by atoms with Crippen molar-refractivity contribution in [1.82, 2.24) is 0 Å². The number of aryl methyl sites for hydroxylation is 1. The first-order valence-electron chi connectivity index (χ1n) is 10.8. The summed E-state index contributed by atoms with van der Waals surface area (Å²) < 4.78 is 17.6. The molecule has 2 aromatic rings. The maximum atomic E-state index is 12.4. The van der Waals surface area contributed by atoms with Crippen LogP contribution in [0, 0.1) is 13.8 Å². The highest BCUT2D eigenvalue weighted by Crippen LogP contribution is 2.48. The highest BCUT2D eigenvalue weighted by atomic mass is 16.5. The number of hydrogen-bond donors (Lipinski definition) is 2. The summed E-state index contributed by atoms with van der Waals surface area (Å²) in [4.78, 5) is 24.5. The second-order valence-corrected chi connectivity index (χ2v) is 9.30. The molecule has 2 heterocycles. The Morgan fingerprint density at radius 2 is 1.94 bits per heavy atom. The van der Waals surface area contributed by atoms with Crippen LogP contribution in [-0.2, 0) is 20.7 Å². The summed E-state index contributed by atoms with van der Waals surface area (Å²) >= 11 is 0. The lowest BCUT2D eigenvalue weighted by Crippen LogP contribution is -2.30. The van der Waals surface area contributed by atoms with Gasteiger partial charge >= 0.3 is 5.97 Å². The maximum absolute atomic E-state index is 12.4. The summed E-state index contributed by atoms with van der Waals surface area (Å²) in [5, 5.41) is 13.0. The van der Waals surface area contributed by atoms with Gasteiger partial charge in [-0.2, -0.15) is 0 Å². The van der Waals surface area contributed by atoms with Crippen molar-refractivity contribution in [2.24, 2.45) is 0 Å². The zero-order chi connectivity index (χ0) is 23.2. The van der Waals surface area contributed by atoms with E-state index >= 15 is 0 Å². The van der Waals surface area contributed by atoms with Crippen LogP contribution in [-0.4, -0.2) is 35.8 Å². The normalized spacial score (nSPS) is 16.2. The van der Waals surface area contributed by atoms with Crippen molar-refractivity contribution in [3.05, 3.63) is 40.5 Å². The number of anilines is 1. The Kier molecular flexibility index (Phi) is 5.63. The molecule has 170 valence electrons. The molecule has 2 aliphatic rings. The van der Waals surface area contributed by atoms with E-state index in [-0.39, 0.29) is 12.5 Å². The second kappa shape index (κ2) is 8.13. The fourth-order valence-corrected chi connectivity index (χ4v) is 4.44. The summed E-state index contributed by atoms with van der Waals surface area (Å²) in [7, 11) is 0. The molecule has 4 rings (SSSR count). The lowest BCUT2D eigenvalue weighted by atomic mass is 9.85. The number of carboxylic acids is 1. The van der Waals surface area contributed by atoms with E-state index in [4.69, 9.17) is 14.2 Å². The third kappa shape index (κ3) is 4.05. The predicted octanol–water partition coefficient (Wildman–Crippen LogP) is 4.57. The Bertz CT molecular complexity index is 1100. The Labute approximate surface area is 187 Å². The fraction of sp³-hybridized carbons (Fsp3) is 0.440. The number of fused-ring (bicyclic) bond motifs is 2. The highest BCUT2D eigenvalue weighted by Gasteiger charge is 2.35. The van der Waals surface area contributed by atoms with Gasteiger partial charge in [-0.15, -0.1) is 0 Å². The van der Waals surface area contributed by atoms with E-state index in [1.54, 1.807) is 6.92 Å². The molecule has 7 heteroatoms. The summed E-state index contributed by atoms with van der Waals surface area (Å²) in [6, 6.07) is 5.94. The van der Waals surface area contributed by atoms with Crippen molar-refractivity contribution in [2.45, 2.75) is 59.2 Å². The van der Waals surface area contributed by atoms with E-state index in [0.29, 0.717) is 29.2 Å². The average Bonchev–Trinajstić information content (AvgIpc) is 2.73. The van der Waals surface area contributed by atoms with Gasteiger partial charge < -0.3 is 24.6 Å². The van der Waals surface area contributed by atoms with Gasteiger partial charge in [0.1, 0.15) is 11.5 Å². The van der Waals surface area contributed by atoms with Gasteiger partial charge in [-0.1, -0.05) is 6.07 Å². The van der Waals surface area contributed by atoms with Crippen molar-refractivity contribution < 1.29 is 28.9 Å². The summed E-state index contributed by atoms with van der Waals surface area (Å²) in [5.41, 5.74) is 4.43. The topological polar surface area (TPSA) is 94.1 Å². The Hall–Kier alpha value is -3.06. The number of rotatable bonds is 4. The van der Waals surface area contributed by atoms with Gasteiger partial charge in [-0.3, -0.25) is 4.79 Å². The monoisotopic (exact) mass is 439 g/mol. The molecule has 0 saturated heterocycles. The number of hydrogen-bond acceptors (Lipinski definition) is 5. The molecule has 0 aromatic heterocycles. The van der Waals surface area contributed by atoms with Crippen LogP contribution in [0.1, 0.15) is 55.5 Å². The summed E-state index contributed by atoms with van der Waals surface area (Å²) in [5.74, 6) is 0.0639. The van der Waals surface area contributed by atoms with E-state index in [9.17, 15) is 14.7 Å². The molecule has 0 aliphatic carbocycles. The van der Waals surface area contributed by atoms with Crippen LogP contribution in [0.15, 0.2) is 18.2 Å². The summed E-state index contributed by atoms with van der Waals surface area (Å²) in [6.07, 6.45) is 0.612. The number of benzene rings is 2. The molecule has 1 atom stereocenters. The number of nitrogens with one attached hydrogen (secondary N) is 1. The quantitative estimate of drug-likeness (QED) is 0.725. The Balaban J connectivity index is 2.00. The van der Waals surface area contributed by atoms with Gasteiger partial charge in [0.2, 0.25) is 0 Å². The lowest BCUT2D eigenvalue weighted by Gasteiger charge is -2.32. The third-order valence-electron chi connectivity index (χ3n) is 5.76. The van der Waals surface area contributed by atoms with E-state index in [1.807, 2.05) is 39.8 Å². The molecule has 0 fully saturated rings. The smallest absolute Gasteiger partial charge is 0.337 e. The van der Waals surface area contributed by atoms with E-state index in [1.165, 1.54) is 0 Å². The number of carboxylic acid groups (broad SMARTS) is 1. The van der Waals surface area contributed by atoms with E-state index in [2.05, 4.69) is 11.4 Å². The van der Waals surface area contributed by atoms with Gasteiger partial charge in [0.05, 0.1) is 17.9 Å². The van der Waals surface area contributed by atoms with Crippen LogP contribution >= 0.6 is 0 Å². The van der Waals surface area contributed by atoms with Crippen LogP contribution in [0.3, 0.4) is 0 Å². The lowest BCUT2D eigenvalue weighted by molar-refractivity contribution is -0.160. The minimum atomic E-state index is -1.22. The minimum absolute atomic E-state index is 0.0784. The molecule has 2 aliphatic heterocycles. The third-order valence-corrected chi connectivity index (χ3v) is 5.76. The highest BCUT2D eigenvalue weighted by molar-refractivity contribution is 5.99. The van der Waals surface area contributed by atoms with Crippen LogP contribution in [0.4, 0.5) is 5.69 Å². The number of aliphatic carboxylic acids is 1. The molecule has 32 heavy (non-hydrogen) atoms. The fourth-order valence-electron chi connectivity index (χ4n) is 4.44. The van der Waals surface area contributed by atoms with Crippen LogP contribution in [0.5, 0.6) is 11.5 Å². The number of ether oxygens (including phenoxy) is 3. The number of amides is 1. The molecule has 1 unspecified atom stereocenters. The number of carbonyl (C=O) groups excluding carboxylic acids is 1. The first-order valence-corrected chi connectivity index (χ1v) is 10.8. The predicted molar refractivity (Wildman–Crippen MR) is 121 cm³/mol. The van der Waals surface area contributed by atoms with Crippen molar-refractivity contribution in [2.75, 3.05) is 18.5 Å². The molecule has 2 aromatic carbocycles. The molecule has 0 radical (unpaired) electrons. The molecule has 0 bridgehead atoms. The van der Waals surface area contributed by atoms with Gasteiger partial charge in [0, 0.05) is 11.1 Å². The SMILES string of the molecule is Cc1c2c(c(C)c(C(OC(C)(C)C)C(=O)O)c1-c1ccc3c(c1)CCCO3)NC(=O)CO2. The summed E-state index contributed by atoms with van der Waals surface area (Å²) in [6.45, 7) is 9.78. The van der Waals surface area contributed by atoms with Gasteiger partial charge in [0.15, 0.2) is 12.7 Å². The Morgan fingerprint density at radius 3 is 2.62 bits per heavy atom. The van der Waals surface area contributed by atoms with Crippen LogP contribution in [0.25, 0.3) is 11.1 Å². The maximum Gasteiger partial charge on any atom is 0.337 e. The van der Waals surface area contributed by atoms with E-state index in [0.717, 1.165) is 40.8 Å². The standard InChI is InChI=1S/C25H29NO6/c1-13-20(23(24(28)29)32-25(3,4)5)19(14(2)22-21(13)26-18(27)12-31-22)16-8-9-17-15(11-16)7-6-10-30-17/h8-9,11,23H,6-7,10,12H2,1-5H3,(H,26,27)(H,28,29). The zero-order valence-corrected chi connectivity index (χ0v) is 19.1. The van der Waals surface area contributed by atoms with Gasteiger partial charge in [0.25, 0.3) is 5.91 Å². The molecule has 2 N–H and O–H groups in total. The van der Waals surface area contributed by atoms with E-state index < -0.39 is 17.7 Å². The minimum Gasteiger partial charge on any atom is -0.493 e. The molecule has 7 nitrogen and oxygen atoms in total. The van der Waals surface area contributed by atoms with Crippen LogP contribution < -0.4 is 14.8 Å². The van der Waals surface area contributed by atoms with Crippen LogP contribution in [0.2, 0.25) is 0 Å². The molecule has 0 spiro atoms. The average molecular weight is 440 g/mol. The van der Waals surface area contributed by atoms with Gasteiger partial charge in [-0.25, -0.2) is 4.79 Å². The van der Waals surface area contributed by atoms with Gasteiger partial charge in [-0.05, 0) is 81.8 Å². The first kappa shape index (κ1) is 22.1. The number of carbonyl (C=O) groups is 2. The molecule has 1 amide bonds. The molecule has 0 saturated carbocycles. The van der Waals surface area contributed by atoms with Crippen molar-refractivity contribution in [1.29, 1.82) is 0 Å². The second-order valence-electron chi connectivity index (χ2n) is 9.30. The first-order chi connectivity index (χ1) is 15.1. The molecular weight excluding hydrogens is 410 g/mol. The van der Waals surface area contributed by atoms with Crippen molar-refractivity contribution in [3.8, 4) is 22.6 Å².